The van der Waals surface area contributed by atoms with Gasteiger partial charge in [-0.15, -0.1) is 0 Å². The number of carbonyl (C=O) groups excluding carboxylic acids is 1. The van der Waals surface area contributed by atoms with E-state index in [1.165, 1.54) is 28.6 Å². The number of sulfonamides is 1. The molecule has 30 heavy (non-hydrogen) atoms. The van der Waals surface area contributed by atoms with Gasteiger partial charge >= 0.3 is 0 Å². The number of hydrogen-bond donors (Lipinski definition) is 0. The molecule has 0 saturated carbocycles. The fraction of sp³-hybridized carbons (Fsp3) is 0.182. The minimum atomic E-state index is -3.93. The van der Waals surface area contributed by atoms with Crippen LogP contribution >= 0.6 is 0 Å². The molecule has 2 heterocycles. The van der Waals surface area contributed by atoms with Gasteiger partial charge in [-0.3, -0.25) is 4.79 Å². The molecule has 154 valence electrons. The fourth-order valence-corrected chi connectivity index (χ4v) is 4.87. The summed E-state index contributed by atoms with van der Waals surface area (Å²) in [5.41, 5.74) is 1.52. The van der Waals surface area contributed by atoms with E-state index < -0.39 is 15.8 Å². The van der Waals surface area contributed by atoms with Crippen LogP contribution in [0.3, 0.4) is 0 Å². The summed E-state index contributed by atoms with van der Waals surface area (Å²) in [5, 5.41) is 1.02. The number of rotatable bonds is 4. The van der Waals surface area contributed by atoms with Crippen molar-refractivity contribution >= 4 is 32.9 Å². The number of fused-ring (bicyclic) bond motifs is 1. The third kappa shape index (κ3) is 4.10. The second kappa shape index (κ2) is 8.33. The fourth-order valence-electron chi connectivity index (χ4n) is 3.38. The number of pyridine rings is 1. The lowest BCUT2D eigenvalue weighted by Crippen LogP contribution is -2.50. The summed E-state index contributed by atoms with van der Waals surface area (Å²) in [6.45, 7) is 0.707. The van der Waals surface area contributed by atoms with Gasteiger partial charge in [0.15, 0.2) is 0 Å². The van der Waals surface area contributed by atoms with Crippen LogP contribution in [0, 0.1) is 5.82 Å². The number of nitrogens with zero attached hydrogens (tertiary/aromatic N) is 3. The van der Waals surface area contributed by atoms with Crippen LogP contribution in [0.15, 0.2) is 71.6 Å². The highest BCUT2D eigenvalue weighted by atomic mass is 32.2. The highest BCUT2D eigenvalue weighted by molar-refractivity contribution is 7.89. The second-order valence-electron chi connectivity index (χ2n) is 6.92. The van der Waals surface area contributed by atoms with Crippen molar-refractivity contribution in [3.63, 3.8) is 0 Å². The van der Waals surface area contributed by atoms with E-state index in [0.29, 0.717) is 5.69 Å². The molecule has 1 aromatic heterocycles. The molecule has 0 bridgehead atoms. The van der Waals surface area contributed by atoms with E-state index in [4.69, 9.17) is 0 Å². The number of para-hydroxylation sites is 1. The van der Waals surface area contributed by atoms with Crippen LogP contribution < -0.4 is 0 Å². The van der Waals surface area contributed by atoms with Crippen molar-refractivity contribution in [1.82, 2.24) is 14.2 Å². The number of hydrogen-bond acceptors (Lipinski definition) is 4. The van der Waals surface area contributed by atoms with Gasteiger partial charge in [-0.05, 0) is 30.3 Å². The number of benzene rings is 2. The van der Waals surface area contributed by atoms with E-state index in [2.05, 4.69) is 4.98 Å². The molecule has 8 heteroatoms. The third-order valence-corrected chi connectivity index (χ3v) is 6.95. The maximum atomic E-state index is 13.9. The number of carbonyl (C=O) groups is 1. The van der Waals surface area contributed by atoms with Crippen LogP contribution in [0.25, 0.3) is 17.0 Å². The van der Waals surface area contributed by atoms with Gasteiger partial charge in [-0.2, -0.15) is 4.31 Å². The topological polar surface area (TPSA) is 70.6 Å². The quantitative estimate of drug-likeness (QED) is 0.603. The number of halogens is 1. The van der Waals surface area contributed by atoms with Gasteiger partial charge in [-0.25, -0.2) is 17.8 Å². The van der Waals surface area contributed by atoms with E-state index in [1.54, 1.807) is 11.0 Å². The molecule has 1 fully saturated rings. The molecule has 0 radical (unpaired) electrons. The van der Waals surface area contributed by atoms with Crippen LogP contribution in [0.2, 0.25) is 0 Å². The van der Waals surface area contributed by atoms with Crippen LogP contribution in [0.1, 0.15) is 5.69 Å². The molecule has 0 spiro atoms. The summed E-state index contributed by atoms with van der Waals surface area (Å²) in [6, 6.07) is 16.8. The minimum absolute atomic E-state index is 0.116. The first-order chi connectivity index (χ1) is 14.4. The minimum Gasteiger partial charge on any atom is -0.337 e. The van der Waals surface area contributed by atoms with Crippen molar-refractivity contribution in [3.05, 3.63) is 78.3 Å². The molecule has 0 unspecified atom stereocenters. The van der Waals surface area contributed by atoms with Gasteiger partial charge in [0.2, 0.25) is 15.9 Å². The monoisotopic (exact) mass is 425 g/mol. The summed E-state index contributed by atoms with van der Waals surface area (Å²) in [7, 11) is -3.93. The number of amides is 1. The van der Waals surface area contributed by atoms with Gasteiger partial charge in [0.1, 0.15) is 10.7 Å². The summed E-state index contributed by atoms with van der Waals surface area (Å²) in [6.07, 6.45) is 3.09. The lowest BCUT2D eigenvalue weighted by atomic mass is 10.2. The van der Waals surface area contributed by atoms with Crippen molar-refractivity contribution in [1.29, 1.82) is 0 Å². The average Bonchev–Trinajstić information content (AvgIpc) is 2.77. The van der Waals surface area contributed by atoms with Crippen LogP contribution in [-0.4, -0.2) is 54.7 Å². The first kappa shape index (κ1) is 20.2. The van der Waals surface area contributed by atoms with Crippen LogP contribution in [0.5, 0.6) is 0 Å². The molecule has 1 saturated heterocycles. The Bertz CT molecular complexity index is 1220. The van der Waals surface area contributed by atoms with Gasteiger partial charge in [0, 0.05) is 37.6 Å². The third-order valence-electron chi connectivity index (χ3n) is 5.02. The number of aromatic nitrogens is 1. The van der Waals surface area contributed by atoms with Crippen LogP contribution in [-0.2, 0) is 14.8 Å². The Labute approximate surface area is 174 Å². The Balaban J connectivity index is 1.40. The molecule has 0 N–H and O–H groups in total. The average molecular weight is 425 g/mol. The SMILES string of the molecule is O=C(/C=C/c1ccc2ccccc2n1)N1CCN(S(=O)(=O)c2ccccc2F)CC1. The summed E-state index contributed by atoms with van der Waals surface area (Å²) in [4.78, 5) is 18.2. The van der Waals surface area contributed by atoms with Gasteiger partial charge in [-0.1, -0.05) is 36.4 Å². The second-order valence-corrected chi connectivity index (χ2v) is 8.83. The van der Waals surface area contributed by atoms with E-state index in [0.717, 1.165) is 17.0 Å². The summed E-state index contributed by atoms with van der Waals surface area (Å²) in [5.74, 6) is -0.991. The number of piperazine rings is 1. The molecule has 0 atom stereocenters. The van der Waals surface area contributed by atoms with E-state index in [1.807, 2.05) is 36.4 Å². The Hall–Kier alpha value is -3.10. The molecule has 1 aliphatic rings. The Kier molecular flexibility index (Phi) is 5.61. The van der Waals surface area contributed by atoms with Crippen molar-refractivity contribution in [2.75, 3.05) is 26.2 Å². The normalized spacial score (nSPS) is 15.7. The van der Waals surface area contributed by atoms with Gasteiger partial charge in [0.05, 0.1) is 11.2 Å². The molecule has 1 amide bonds. The molecular formula is C22H20FN3O3S. The van der Waals surface area contributed by atoms with E-state index >= 15 is 0 Å². The van der Waals surface area contributed by atoms with Gasteiger partial charge < -0.3 is 4.90 Å². The standard InChI is InChI=1S/C22H20FN3O3S/c23-19-6-2-4-8-21(19)30(28,29)26-15-13-25(14-16-26)22(27)12-11-18-10-9-17-5-1-3-7-20(17)24-18/h1-12H,13-16H2/b12-11+. The van der Waals surface area contributed by atoms with Crippen molar-refractivity contribution in [2.45, 2.75) is 4.90 Å². The molecule has 4 rings (SSSR count). The summed E-state index contributed by atoms with van der Waals surface area (Å²) < 4.78 is 40.5. The highest BCUT2D eigenvalue weighted by Gasteiger charge is 2.31. The lowest BCUT2D eigenvalue weighted by molar-refractivity contribution is -0.127. The van der Waals surface area contributed by atoms with Crippen molar-refractivity contribution < 1.29 is 17.6 Å². The molecule has 0 aliphatic carbocycles. The van der Waals surface area contributed by atoms with Gasteiger partial charge in [0.25, 0.3) is 0 Å². The molecule has 6 nitrogen and oxygen atoms in total. The zero-order valence-corrected chi connectivity index (χ0v) is 16.9. The lowest BCUT2D eigenvalue weighted by Gasteiger charge is -2.33. The smallest absolute Gasteiger partial charge is 0.246 e. The van der Waals surface area contributed by atoms with Crippen LogP contribution in [0.4, 0.5) is 4.39 Å². The Morgan fingerprint density at radius 2 is 1.63 bits per heavy atom. The Morgan fingerprint density at radius 3 is 2.40 bits per heavy atom. The molecular weight excluding hydrogens is 405 g/mol. The van der Waals surface area contributed by atoms with E-state index in [9.17, 15) is 17.6 Å². The first-order valence-electron chi connectivity index (χ1n) is 9.52. The van der Waals surface area contributed by atoms with Crippen molar-refractivity contribution in [3.8, 4) is 0 Å². The predicted octanol–water partition coefficient (Wildman–Crippen LogP) is 2.92. The maximum Gasteiger partial charge on any atom is 0.246 e. The largest absolute Gasteiger partial charge is 0.337 e. The summed E-state index contributed by atoms with van der Waals surface area (Å²) >= 11 is 0. The van der Waals surface area contributed by atoms with E-state index in [-0.39, 0.29) is 37.0 Å². The van der Waals surface area contributed by atoms with Crippen molar-refractivity contribution in [2.24, 2.45) is 0 Å². The highest BCUT2D eigenvalue weighted by Crippen LogP contribution is 2.20. The Morgan fingerprint density at radius 1 is 0.933 bits per heavy atom. The first-order valence-corrected chi connectivity index (χ1v) is 11.0. The molecule has 3 aromatic rings. The maximum absolute atomic E-state index is 13.9. The predicted molar refractivity (Wildman–Crippen MR) is 113 cm³/mol. The zero-order chi connectivity index (χ0) is 21.1. The molecule has 2 aromatic carbocycles. The zero-order valence-electron chi connectivity index (χ0n) is 16.1. The molecule has 1 aliphatic heterocycles.